The number of carbonyl (C=O) groups excluding carboxylic acids is 3. The third-order valence-corrected chi connectivity index (χ3v) is 7.57. The van der Waals surface area contributed by atoms with Crippen LogP contribution in [0.2, 0.25) is 0 Å². The molecule has 1 saturated heterocycles. The second-order valence-electron chi connectivity index (χ2n) is 9.78. The molecule has 5 rings (SSSR count). The summed E-state index contributed by atoms with van der Waals surface area (Å²) in [7, 11) is -4.40. The second kappa shape index (κ2) is 9.86. The number of hydrogen-bond acceptors (Lipinski definition) is 6. The van der Waals surface area contributed by atoms with Gasteiger partial charge in [0.05, 0.1) is 5.56 Å². The Morgan fingerprint density at radius 1 is 1.21 bits per heavy atom. The van der Waals surface area contributed by atoms with Gasteiger partial charge >= 0.3 is 7.60 Å². The van der Waals surface area contributed by atoms with Gasteiger partial charge in [-0.05, 0) is 62.4 Å². The molecular weight excluding hydrogens is 513 g/mol. The Hall–Kier alpha value is -3.73. The van der Waals surface area contributed by atoms with Crippen molar-refractivity contribution in [1.82, 2.24) is 14.5 Å². The van der Waals surface area contributed by atoms with E-state index in [1.165, 1.54) is 18.3 Å². The minimum Gasteiger partial charge on any atom is -0.481 e. The predicted molar refractivity (Wildman–Crippen MR) is 137 cm³/mol. The first-order valence-electron chi connectivity index (χ1n) is 12.2. The number of hydrogen-bond donors (Lipinski definition) is 4. The number of nitrogens with one attached hydrogen (secondary N) is 1. The molecular formula is C25H28N5O7P. The third-order valence-electron chi connectivity index (χ3n) is 7.10. The largest absolute Gasteiger partial charge is 0.481 e. The average molecular weight is 542 g/mol. The zero-order valence-corrected chi connectivity index (χ0v) is 21.5. The van der Waals surface area contributed by atoms with Gasteiger partial charge in [-0.25, -0.2) is 4.98 Å². The fourth-order valence-corrected chi connectivity index (χ4v) is 5.89. The Morgan fingerprint density at radius 2 is 2.00 bits per heavy atom. The van der Waals surface area contributed by atoms with Crippen LogP contribution in [0.15, 0.2) is 42.6 Å². The number of likely N-dealkylation sites (tertiary alicyclic amines) is 1. The number of fused-ring (bicyclic) bond motifs is 3. The minimum atomic E-state index is -4.40. The van der Waals surface area contributed by atoms with Crippen LogP contribution >= 0.6 is 7.60 Å². The van der Waals surface area contributed by atoms with E-state index in [0.717, 1.165) is 25.0 Å². The molecule has 1 aromatic carbocycles. The smallest absolute Gasteiger partial charge is 0.362 e. The number of aromatic nitrogens is 2. The third kappa shape index (κ3) is 5.15. The summed E-state index contributed by atoms with van der Waals surface area (Å²) in [5, 5.41) is 3.24. The number of carbonyl (C=O) groups is 3. The number of anilines is 1. The molecule has 38 heavy (non-hydrogen) atoms. The lowest BCUT2D eigenvalue weighted by Gasteiger charge is -2.34. The van der Waals surface area contributed by atoms with Crippen LogP contribution in [-0.4, -0.2) is 60.4 Å². The standard InChI is InChI=1S/C25H28N5O7P/c1-14-3-2-4-21(27-14)28-25(33)23-15-5-6-16(9-15)30(23)22(31)12-29-11-19(24(26)32)18-10-17(7-8-20(18)29)37-13-38(34,35)36/h2-4,7-8,10-11,15-16,23H,5-6,9,12-13H2,1H3,(H2,26,32)(H,27,28,33)(H2,34,35,36)/t15-,16+,23-/m0/s1. The topological polar surface area (TPSA) is 177 Å². The Kier molecular flexibility index (Phi) is 6.72. The summed E-state index contributed by atoms with van der Waals surface area (Å²) in [5.74, 6) is -0.619. The molecule has 3 heterocycles. The quantitative estimate of drug-likeness (QED) is 0.313. The van der Waals surface area contributed by atoms with Crippen molar-refractivity contribution in [1.29, 1.82) is 0 Å². The van der Waals surface area contributed by atoms with Crippen LogP contribution in [0.5, 0.6) is 5.75 Å². The summed E-state index contributed by atoms with van der Waals surface area (Å²) in [6, 6.07) is 9.22. The van der Waals surface area contributed by atoms with Crippen molar-refractivity contribution >= 4 is 42.0 Å². The number of rotatable bonds is 8. The molecule has 1 saturated carbocycles. The van der Waals surface area contributed by atoms with Crippen LogP contribution in [0.4, 0.5) is 5.82 Å². The lowest BCUT2D eigenvalue weighted by Crippen LogP contribution is -2.51. The van der Waals surface area contributed by atoms with E-state index < -0.39 is 25.9 Å². The zero-order chi connectivity index (χ0) is 27.2. The first kappa shape index (κ1) is 25.9. The maximum atomic E-state index is 13.6. The van der Waals surface area contributed by atoms with Gasteiger partial charge in [0, 0.05) is 28.8 Å². The van der Waals surface area contributed by atoms with Crippen molar-refractivity contribution in [2.75, 3.05) is 11.7 Å². The van der Waals surface area contributed by atoms with Gasteiger partial charge in [-0.1, -0.05) is 6.07 Å². The van der Waals surface area contributed by atoms with Crippen molar-refractivity contribution < 1.29 is 33.5 Å². The summed E-state index contributed by atoms with van der Waals surface area (Å²) in [5.41, 5.74) is 6.98. The van der Waals surface area contributed by atoms with E-state index in [4.69, 9.17) is 20.3 Å². The predicted octanol–water partition coefficient (Wildman–Crippen LogP) is 1.98. The zero-order valence-electron chi connectivity index (χ0n) is 20.6. The average Bonchev–Trinajstić information content (AvgIpc) is 3.55. The maximum absolute atomic E-state index is 13.6. The number of ether oxygens (including phenoxy) is 1. The number of pyridine rings is 1. The van der Waals surface area contributed by atoms with Crippen molar-refractivity contribution in [2.45, 2.75) is 44.8 Å². The normalized spacial score (nSPS) is 20.6. The summed E-state index contributed by atoms with van der Waals surface area (Å²) >= 11 is 0. The Balaban J connectivity index is 1.39. The minimum absolute atomic E-state index is 0.0428. The molecule has 1 aliphatic carbocycles. The highest BCUT2D eigenvalue weighted by Gasteiger charge is 2.51. The van der Waals surface area contributed by atoms with E-state index in [2.05, 4.69) is 10.3 Å². The SMILES string of the molecule is Cc1cccc(NC(=O)[C@@H]2[C@H]3CC[C@H](C3)N2C(=O)Cn2cc(C(N)=O)c3cc(OCP(=O)(O)O)ccc32)n1. The molecule has 0 spiro atoms. The van der Waals surface area contributed by atoms with Gasteiger partial charge in [0.15, 0.2) is 6.35 Å². The Labute approximate surface area is 217 Å². The van der Waals surface area contributed by atoms with Gasteiger partial charge in [0.1, 0.15) is 24.2 Å². The highest BCUT2D eigenvalue weighted by molar-refractivity contribution is 7.51. The Bertz CT molecular complexity index is 1480. The van der Waals surface area contributed by atoms with E-state index in [1.54, 1.807) is 27.7 Å². The first-order valence-corrected chi connectivity index (χ1v) is 14.0. The molecule has 2 aliphatic rings. The van der Waals surface area contributed by atoms with Gasteiger partial charge in [-0.3, -0.25) is 18.9 Å². The fraction of sp³-hybridized carbons (Fsp3) is 0.360. The Morgan fingerprint density at radius 3 is 2.71 bits per heavy atom. The molecule has 2 fully saturated rings. The van der Waals surface area contributed by atoms with E-state index >= 15 is 0 Å². The van der Waals surface area contributed by atoms with Crippen LogP contribution in [0.25, 0.3) is 10.9 Å². The number of nitrogens with zero attached hydrogens (tertiary/aromatic N) is 3. The molecule has 0 radical (unpaired) electrons. The molecule has 12 nitrogen and oxygen atoms in total. The van der Waals surface area contributed by atoms with Gasteiger partial charge in [-0.15, -0.1) is 0 Å². The number of nitrogens with two attached hydrogens (primary N) is 1. The highest BCUT2D eigenvalue weighted by atomic mass is 31.2. The van der Waals surface area contributed by atoms with Crippen LogP contribution in [-0.2, 0) is 20.7 Å². The molecule has 0 unspecified atom stereocenters. The van der Waals surface area contributed by atoms with Crippen molar-refractivity contribution in [3.05, 3.63) is 53.9 Å². The summed E-state index contributed by atoms with van der Waals surface area (Å²) < 4.78 is 17.9. The van der Waals surface area contributed by atoms with Gasteiger partial charge < -0.3 is 35.0 Å². The van der Waals surface area contributed by atoms with E-state index in [9.17, 15) is 18.9 Å². The van der Waals surface area contributed by atoms with E-state index in [1.807, 2.05) is 13.0 Å². The second-order valence-corrected chi connectivity index (χ2v) is 11.4. The van der Waals surface area contributed by atoms with Crippen molar-refractivity contribution in [2.24, 2.45) is 11.7 Å². The summed E-state index contributed by atoms with van der Waals surface area (Å²) in [6.07, 6.45) is 3.09. The fourth-order valence-electron chi connectivity index (χ4n) is 5.58. The molecule has 3 amide bonds. The van der Waals surface area contributed by atoms with Crippen LogP contribution < -0.4 is 15.8 Å². The molecule has 13 heteroatoms. The number of piperidine rings is 1. The summed E-state index contributed by atoms with van der Waals surface area (Å²) in [4.78, 5) is 63.2. The monoisotopic (exact) mass is 541 g/mol. The van der Waals surface area contributed by atoms with Crippen LogP contribution in [0.1, 0.15) is 35.3 Å². The molecule has 2 bridgehead atoms. The molecule has 200 valence electrons. The van der Waals surface area contributed by atoms with Crippen LogP contribution in [0.3, 0.4) is 0 Å². The first-order chi connectivity index (χ1) is 18.0. The molecule has 3 aromatic rings. The van der Waals surface area contributed by atoms with Crippen molar-refractivity contribution in [3.8, 4) is 5.75 Å². The van der Waals surface area contributed by atoms with Gasteiger partial charge in [-0.2, -0.15) is 0 Å². The molecule has 5 N–H and O–H groups in total. The maximum Gasteiger partial charge on any atom is 0.362 e. The molecule has 2 aromatic heterocycles. The number of benzene rings is 1. The molecule has 1 aliphatic heterocycles. The van der Waals surface area contributed by atoms with E-state index in [0.29, 0.717) is 16.7 Å². The van der Waals surface area contributed by atoms with Crippen LogP contribution in [0, 0.1) is 12.8 Å². The summed E-state index contributed by atoms with van der Waals surface area (Å²) in [6.45, 7) is 1.71. The number of amides is 3. The van der Waals surface area contributed by atoms with Gasteiger partial charge in [0.25, 0.3) is 5.91 Å². The van der Waals surface area contributed by atoms with E-state index in [-0.39, 0.29) is 41.6 Å². The highest BCUT2D eigenvalue weighted by Crippen LogP contribution is 2.43. The molecule has 3 atom stereocenters. The van der Waals surface area contributed by atoms with Crippen molar-refractivity contribution in [3.63, 3.8) is 0 Å². The van der Waals surface area contributed by atoms with Gasteiger partial charge in [0.2, 0.25) is 11.8 Å². The lowest BCUT2D eigenvalue weighted by atomic mass is 9.97. The number of primary amides is 1. The number of aryl methyl sites for hydroxylation is 1. The lowest BCUT2D eigenvalue weighted by molar-refractivity contribution is -0.141.